The Labute approximate surface area is 126 Å². The van der Waals surface area contributed by atoms with Crippen molar-refractivity contribution in [3.63, 3.8) is 0 Å². The molecule has 6 heteroatoms. The molecule has 0 radical (unpaired) electrons. The summed E-state index contributed by atoms with van der Waals surface area (Å²) in [6, 6.07) is -0.438. The number of hydrogen-bond acceptors (Lipinski definition) is 4. The number of piperidine rings is 1. The molecule has 6 nitrogen and oxygen atoms in total. The Hall–Kier alpha value is -1.30. The van der Waals surface area contributed by atoms with Gasteiger partial charge in [0.2, 0.25) is 5.91 Å². The van der Waals surface area contributed by atoms with E-state index in [4.69, 9.17) is 4.74 Å². The molecule has 2 aliphatic heterocycles. The zero-order valence-corrected chi connectivity index (χ0v) is 13.4. The zero-order valence-electron chi connectivity index (χ0n) is 13.4. The molecule has 2 fully saturated rings. The normalized spacial score (nSPS) is 23.9. The van der Waals surface area contributed by atoms with Crippen LogP contribution in [0.2, 0.25) is 0 Å². The molecule has 0 saturated carbocycles. The van der Waals surface area contributed by atoms with E-state index in [9.17, 15) is 9.59 Å². The Morgan fingerprint density at radius 3 is 2.38 bits per heavy atom. The Balaban J connectivity index is 2.04. The van der Waals surface area contributed by atoms with E-state index in [1.54, 1.807) is 4.90 Å². The van der Waals surface area contributed by atoms with E-state index >= 15 is 0 Å². The molecule has 2 saturated heterocycles. The second kappa shape index (κ2) is 6.64. The van der Waals surface area contributed by atoms with Gasteiger partial charge in [-0.1, -0.05) is 0 Å². The molecule has 0 aromatic rings. The molecule has 0 aliphatic carbocycles. The number of nitrogens with zero attached hydrogens (tertiary/aromatic N) is 2. The average Bonchev–Trinajstić information content (AvgIpc) is 2.45. The molecule has 1 N–H and O–H groups in total. The quantitative estimate of drug-likeness (QED) is 0.790. The largest absolute Gasteiger partial charge is 0.444 e. The fourth-order valence-corrected chi connectivity index (χ4v) is 2.79. The summed E-state index contributed by atoms with van der Waals surface area (Å²) in [5.74, 6) is 0.0489. The minimum absolute atomic E-state index is 0.0489. The van der Waals surface area contributed by atoms with Crippen LogP contribution in [0, 0.1) is 0 Å². The summed E-state index contributed by atoms with van der Waals surface area (Å²) in [5, 5.41) is 3.21. The summed E-state index contributed by atoms with van der Waals surface area (Å²) in [5.41, 5.74) is -0.541. The Morgan fingerprint density at radius 1 is 1.10 bits per heavy atom. The maximum absolute atomic E-state index is 12.7. The van der Waals surface area contributed by atoms with Crippen LogP contribution in [-0.2, 0) is 9.53 Å². The number of nitrogens with one attached hydrogen (secondary N) is 1. The van der Waals surface area contributed by atoms with Gasteiger partial charge in [-0.15, -0.1) is 0 Å². The monoisotopic (exact) mass is 297 g/mol. The fraction of sp³-hybridized carbons (Fsp3) is 0.867. The third-order valence-corrected chi connectivity index (χ3v) is 3.82. The molecular formula is C15H27N3O3. The van der Waals surface area contributed by atoms with E-state index in [1.807, 2.05) is 25.7 Å². The van der Waals surface area contributed by atoms with Gasteiger partial charge in [0.1, 0.15) is 11.6 Å². The van der Waals surface area contributed by atoms with Crippen LogP contribution in [-0.4, -0.2) is 66.2 Å². The fourth-order valence-electron chi connectivity index (χ4n) is 2.79. The van der Waals surface area contributed by atoms with Crippen molar-refractivity contribution in [2.75, 3.05) is 32.7 Å². The van der Waals surface area contributed by atoms with Crippen molar-refractivity contribution >= 4 is 12.0 Å². The van der Waals surface area contributed by atoms with E-state index in [1.165, 1.54) is 6.42 Å². The second-order valence-corrected chi connectivity index (χ2v) is 6.78. The van der Waals surface area contributed by atoms with Gasteiger partial charge in [0, 0.05) is 32.7 Å². The summed E-state index contributed by atoms with van der Waals surface area (Å²) in [6.45, 7) is 8.85. The van der Waals surface area contributed by atoms with E-state index in [2.05, 4.69) is 5.32 Å². The lowest BCUT2D eigenvalue weighted by Crippen LogP contribution is -2.61. The lowest BCUT2D eigenvalue weighted by atomic mass is 10.1. The Morgan fingerprint density at radius 2 is 1.76 bits per heavy atom. The lowest BCUT2D eigenvalue weighted by molar-refractivity contribution is -0.138. The van der Waals surface area contributed by atoms with Crippen molar-refractivity contribution in [3.8, 4) is 0 Å². The first-order valence-electron chi connectivity index (χ1n) is 7.87. The van der Waals surface area contributed by atoms with Crippen LogP contribution in [0.25, 0.3) is 0 Å². The third-order valence-electron chi connectivity index (χ3n) is 3.82. The van der Waals surface area contributed by atoms with Crippen molar-refractivity contribution < 1.29 is 14.3 Å². The first-order valence-corrected chi connectivity index (χ1v) is 7.87. The van der Waals surface area contributed by atoms with Crippen molar-refractivity contribution in [2.24, 2.45) is 0 Å². The maximum Gasteiger partial charge on any atom is 0.411 e. The summed E-state index contributed by atoms with van der Waals surface area (Å²) in [4.78, 5) is 28.5. The van der Waals surface area contributed by atoms with E-state index in [0.717, 1.165) is 25.9 Å². The van der Waals surface area contributed by atoms with Crippen LogP contribution in [0.4, 0.5) is 4.79 Å². The third kappa shape index (κ3) is 4.33. The highest BCUT2D eigenvalue weighted by atomic mass is 16.6. The molecular weight excluding hydrogens is 270 g/mol. The number of rotatable bonds is 1. The van der Waals surface area contributed by atoms with E-state index in [-0.39, 0.29) is 12.0 Å². The van der Waals surface area contributed by atoms with Gasteiger partial charge in [-0.25, -0.2) is 4.79 Å². The van der Waals surface area contributed by atoms with Crippen LogP contribution < -0.4 is 5.32 Å². The molecule has 0 bridgehead atoms. The van der Waals surface area contributed by atoms with Crippen LogP contribution in [0.3, 0.4) is 0 Å². The van der Waals surface area contributed by atoms with Gasteiger partial charge in [0.15, 0.2) is 0 Å². The highest BCUT2D eigenvalue weighted by Gasteiger charge is 2.37. The Kier molecular flexibility index (Phi) is 5.08. The van der Waals surface area contributed by atoms with Crippen molar-refractivity contribution in [1.29, 1.82) is 0 Å². The molecule has 21 heavy (non-hydrogen) atoms. The molecule has 2 rings (SSSR count). The van der Waals surface area contributed by atoms with Crippen molar-refractivity contribution in [1.82, 2.24) is 15.1 Å². The van der Waals surface area contributed by atoms with Gasteiger partial charge in [-0.2, -0.15) is 0 Å². The number of hydrogen-bond donors (Lipinski definition) is 1. The standard InChI is InChI=1S/C15H27N3O3/c1-15(2,3)21-14(20)18-10-7-16-11-12(18)13(19)17-8-5-4-6-9-17/h12,16H,4-11H2,1-3H3. The van der Waals surface area contributed by atoms with Gasteiger partial charge in [-0.3, -0.25) is 9.69 Å². The van der Waals surface area contributed by atoms with Crippen LogP contribution in [0.15, 0.2) is 0 Å². The number of carbonyl (C=O) groups is 2. The smallest absolute Gasteiger partial charge is 0.411 e. The highest BCUT2D eigenvalue weighted by Crippen LogP contribution is 2.17. The Bertz CT molecular complexity index is 386. The van der Waals surface area contributed by atoms with Crippen molar-refractivity contribution in [2.45, 2.75) is 51.7 Å². The molecule has 0 aromatic heterocycles. The first-order chi connectivity index (χ1) is 9.88. The summed E-state index contributed by atoms with van der Waals surface area (Å²) in [7, 11) is 0. The number of carbonyl (C=O) groups excluding carboxylic acids is 2. The summed E-state index contributed by atoms with van der Waals surface area (Å²) in [6.07, 6.45) is 2.90. The van der Waals surface area contributed by atoms with Gasteiger partial charge >= 0.3 is 6.09 Å². The molecule has 2 amide bonds. The minimum atomic E-state index is -0.541. The van der Waals surface area contributed by atoms with E-state index in [0.29, 0.717) is 19.6 Å². The summed E-state index contributed by atoms with van der Waals surface area (Å²) >= 11 is 0. The topological polar surface area (TPSA) is 61.9 Å². The van der Waals surface area contributed by atoms with E-state index < -0.39 is 11.6 Å². The minimum Gasteiger partial charge on any atom is -0.444 e. The van der Waals surface area contributed by atoms with Crippen LogP contribution in [0.5, 0.6) is 0 Å². The molecule has 1 atom stereocenters. The zero-order chi connectivity index (χ0) is 15.5. The van der Waals surface area contributed by atoms with Gasteiger partial charge in [0.25, 0.3) is 0 Å². The predicted octanol–water partition coefficient (Wildman–Crippen LogP) is 1.21. The summed E-state index contributed by atoms with van der Waals surface area (Å²) < 4.78 is 5.43. The maximum atomic E-state index is 12.7. The molecule has 120 valence electrons. The first kappa shape index (κ1) is 16.1. The van der Waals surface area contributed by atoms with Gasteiger partial charge in [-0.05, 0) is 40.0 Å². The molecule has 2 aliphatic rings. The molecule has 1 unspecified atom stereocenters. The van der Waals surface area contributed by atoms with Crippen LogP contribution in [0.1, 0.15) is 40.0 Å². The number of ether oxygens (including phenoxy) is 1. The van der Waals surface area contributed by atoms with Crippen LogP contribution >= 0.6 is 0 Å². The number of likely N-dealkylation sites (tertiary alicyclic amines) is 1. The highest BCUT2D eigenvalue weighted by molar-refractivity contribution is 5.86. The molecule has 0 aromatic carbocycles. The second-order valence-electron chi connectivity index (χ2n) is 6.78. The molecule has 0 spiro atoms. The van der Waals surface area contributed by atoms with Crippen molar-refractivity contribution in [3.05, 3.63) is 0 Å². The number of piperazine rings is 1. The van der Waals surface area contributed by atoms with Gasteiger partial charge < -0.3 is 15.0 Å². The lowest BCUT2D eigenvalue weighted by Gasteiger charge is -2.39. The average molecular weight is 297 g/mol. The predicted molar refractivity (Wildman–Crippen MR) is 80.0 cm³/mol. The number of amides is 2. The van der Waals surface area contributed by atoms with Gasteiger partial charge in [0.05, 0.1) is 0 Å². The molecule has 2 heterocycles. The SMILES string of the molecule is CC(C)(C)OC(=O)N1CCNCC1C(=O)N1CCCCC1.